The third-order valence-electron chi connectivity index (χ3n) is 4.30. The molecular formula is C21H26N2O5S. The summed E-state index contributed by atoms with van der Waals surface area (Å²) in [6.45, 7) is 5.52. The molecule has 0 aliphatic carbocycles. The van der Waals surface area contributed by atoms with Crippen molar-refractivity contribution < 1.29 is 22.7 Å². The van der Waals surface area contributed by atoms with Gasteiger partial charge in [-0.15, -0.1) is 0 Å². The Morgan fingerprint density at radius 3 is 2.24 bits per heavy atom. The highest BCUT2D eigenvalue weighted by Crippen LogP contribution is 2.24. The minimum Gasteiger partial charge on any atom is -0.462 e. The van der Waals surface area contributed by atoms with Crippen molar-refractivity contribution in [1.82, 2.24) is 0 Å². The normalized spacial score (nSPS) is 12.1. The maximum absolute atomic E-state index is 13.0. The Labute approximate surface area is 171 Å². The van der Waals surface area contributed by atoms with Crippen LogP contribution in [0.15, 0.2) is 48.5 Å². The first-order valence-electron chi connectivity index (χ1n) is 9.32. The van der Waals surface area contributed by atoms with Crippen LogP contribution in [0.3, 0.4) is 0 Å². The first kappa shape index (κ1) is 22.4. The van der Waals surface area contributed by atoms with Crippen molar-refractivity contribution >= 4 is 33.3 Å². The number of sulfonamides is 1. The number of nitrogens with zero attached hydrogens (tertiary/aromatic N) is 1. The van der Waals surface area contributed by atoms with Gasteiger partial charge in [-0.05, 0) is 44.5 Å². The number of carbonyl (C=O) groups excluding carboxylic acids is 2. The van der Waals surface area contributed by atoms with Gasteiger partial charge >= 0.3 is 5.97 Å². The number of anilines is 2. The van der Waals surface area contributed by atoms with E-state index in [0.717, 1.165) is 16.1 Å². The predicted octanol–water partition coefficient (Wildman–Crippen LogP) is 3.36. The van der Waals surface area contributed by atoms with Crippen molar-refractivity contribution in [2.75, 3.05) is 22.5 Å². The van der Waals surface area contributed by atoms with Gasteiger partial charge in [-0.25, -0.2) is 13.2 Å². The van der Waals surface area contributed by atoms with Crippen molar-refractivity contribution in [2.45, 2.75) is 33.2 Å². The molecule has 2 rings (SSSR count). The van der Waals surface area contributed by atoms with Crippen LogP contribution < -0.4 is 9.62 Å². The second-order valence-corrected chi connectivity index (χ2v) is 8.43. The molecule has 1 N–H and O–H groups in total. The number of esters is 1. The zero-order chi connectivity index (χ0) is 21.6. The summed E-state index contributed by atoms with van der Waals surface area (Å²) in [6.07, 6.45) is 1.31. The Bertz CT molecular complexity index is 971. The third-order valence-corrected chi connectivity index (χ3v) is 5.48. The maximum Gasteiger partial charge on any atom is 0.340 e. The molecule has 0 heterocycles. The second kappa shape index (κ2) is 9.56. The molecule has 0 saturated carbocycles. The number of hydrogen-bond acceptors (Lipinski definition) is 5. The molecule has 0 spiro atoms. The molecule has 1 amide bonds. The molecule has 156 valence electrons. The summed E-state index contributed by atoms with van der Waals surface area (Å²) in [5, 5.41) is 2.69. The van der Waals surface area contributed by atoms with Crippen LogP contribution in [0.5, 0.6) is 0 Å². The average molecular weight is 419 g/mol. The molecule has 0 fully saturated rings. The monoisotopic (exact) mass is 418 g/mol. The molecule has 2 aromatic carbocycles. The van der Waals surface area contributed by atoms with Gasteiger partial charge in [0, 0.05) is 0 Å². The van der Waals surface area contributed by atoms with E-state index in [0.29, 0.717) is 5.69 Å². The molecular weight excluding hydrogens is 392 g/mol. The predicted molar refractivity (Wildman–Crippen MR) is 114 cm³/mol. The van der Waals surface area contributed by atoms with Crippen LogP contribution in [0.2, 0.25) is 0 Å². The Morgan fingerprint density at radius 2 is 1.69 bits per heavy atom. The van der Waals surface area contributed by atoms with Crippen LogP contribution in [0.25, 0.3) is 0 Å². The van der Waals surface area contributed by atoms with E-state index in [1.165, 1.54) is 0 Å². The van der Waals surface area contributed by atoms with Crippen LogP contribution in [-0.4, -0.2) is 39.2 Å². The van der Waals surface area contributed by atoms with Gasteiger partial charge in [-0.3, -0.25) is 9.10 Å². The zero-order valence-corrected chi connectivity index (χ0v) is 17.8. The molecule has 29 heavy (non-hydrogen) atoms. The van der Waals surface area contributed by atoms with Gasteiger partial charge in [0.25, 0.3) is 0 Å². The lowest BCUT2D eigenvalue weighted by Gasteiger charge is -2.30. The van der Waals surface area contributed by atoms with E-state index in [4.69, 9.17) is 4.74 Å². The molecule has 0 aromatic heterocycles. The van der Waals surface area contributed by atoms with Gasteiger partial charge in [0.2, 0.25) is 15.9 Å². The highest BCUT2D eigenvalue weighted by Gasteiger charge is 2.32. The highest BCUT2D eigenvalue weighted by molar-refractivity contribution is 7.92. The first-order chi connectivity index (χ1) is 13.7. The topological polar surface area (TPSA) is 92.8 Å². The van der Waals surface area contributed by atoms with Crippen LogP contribution in [0.1, 0.15) is 36.2 Å². The lowest BCUT2D eigenvalue weighted by Crippen LogP contribution is -2.47. The molecule has 7 nitrogen and oxygen atoms in total. The van der Waals surface area contributed by atoms with Crippen LogP contribution in [-0.2, 0) is 19.6 Å². The minimum atomic E-state index is -3.73. The number of carbonyl (C=O) groups is 2. The Morgan fingerprint density at radius 1 is 1.07 bits per heavy atom. The van der Waals surface area contributed by atoms with Gasteiger partial charge in [0.05, 0.1) is 29.8 Å². The Kier molecular flexibility index (Phi) is 7.39. The number of benzene rings is 2. The van der Waals surface area contributed by atoms with Crippen molar-refractivity contribution in [3.8, 4) is 0 Å². The van der Waals surface area contributed by atoms with E-state index >= 15 is 0 Å². The smallest absolute Gasteiger partial charge is 0.340 e. The maximum atomic E-state index is 13.0. The van der Waals surface area contributed by atoms with E-state index in [1.807, 2.05) is 6.92 Å². The molecule has 0 aliphatic heterocycles. The van der Waals surface area contributed by atoms with Gasteiger partial charge in [0.1, 0.15) is 6.04 Å². The van der Waals surface area contributed by atoms with Crippen molar-refractivity contribution in [1.29, 1.82) is 0 Å². The summed E-state index contributed by atoms with van der Waals surface area (Å²) >= 11 is 0. The van der Waals surface area contributed by atoms with Crippen LogP contribution in [0, 0.1) is 6.92 Å². The number of aryl methyl sites for hydroxylation is 1. The summed E-state index contributed by atoms with van der Waals surface area (Å²) in [5.74, 6) is -1.09. The van der Waals surface area contributed by atoms with Gasteiger partial charge in [0.15, 0.2) is 0 Å². The largest absolute Gasteiger partial charge is 0.462 e. The van der Waals surface area contributed by atoms with Crippen LogP contribution in [0.4, 0.5) is 11.4 Å². The lowest BCUT2D eigenvalue weighted by atomic mass is 10.1. The molecule has 0 saturated heterocycles. The number of para-hydroxylation sites is 1. The number of ether oxygens (including phenoxy) is 1. The minimum absolute atomic E-state index is 0.202. The fourth-order valence-electron chi connectivity index (χ4n) is 2.95. The fraction of sp³-hybridized carbons (Fsp3) is 0.333. The van der Waals surface area contributed by atoms with Crippen LogP contribution >= 0.6 is 0 Å². The van der Waals surface area contributed by atoms with Crippen molar-refractivity contribution in [3.05, 3.63) is 59.7 Å². The van der Waals surface area contributed by atoms with Crippen molar-refractivity contribution in [3.63, 3.8) is 0 Å². The summed E-state index contributed by atoms with van der Waals surface area (Å²) in [7, 11) is -3.73. The molecule has 0 bridgehead atoms. The number of amides is 1. The third kappa shape index (κ3) is 5.57. The Balaban J connectivity index is 2.39. The molecule has 1 atom stereocenters. The summed E-state index contributed by atoms with van der Waals surface area (Å²) in [4.78, 5) is 25.2. The standard InChI is InChI=1S/C21H26N2O5S/c1-5-19(23(29(4,26)27)16-13-11-15(3)12-14-16)20(24)22-18-10-8-7-9-17(18)21(25)28-6-2/h7-14,19H,5-6H2,1-4H3,(H,22,24)/t19-/m0/s1. The zero-order valence-electron chi connectivity index (χ0n) is 17.0. The van der Waals surface area contributed by atoms with E-state index in [1.54, 1.807) is 62.4 Å². The molecule has 8 heteroatoms. The SMILES string of the molecule is CCOC(=O)c1ccccc1NC(=O)[C@H](CC)N(c1ccc(C)cc1)S(C)(=O)=O. The molecule has 2 aromatic rings. The average Bonchev–Trinajstić information content (AvgIpc) is 2.66. The van der Waals surface area contributed by atoms with E-state index in [-0.39, 0.29) is 24.3 Å². The molecule has 0 aliphatic rings. The summed E-state index contributed by atoms with van der Waals surface area (Å²) in [6, 6.07) is 12.4. The number of nitrogens with one attached hydrogen (secondary N) is 1. The quantitative estimate of drug-likeness (QED) is 0.664. The van der Waals surface area contributed by atoms with E-state index in [2.05, 4.69) is 5.32 Å². The van der Waals surface area contributed by atoms with Gasteiger partial charge in [-0.2, -0.15) is 0 Å². The van der Waals surface area contributed by atoms with E-state index in [9.17, 15) is 18.0 Å². The number of rotatable bonds is 8. The van der Waals surface area contributed by atoms with Crippen molar-refractivity contribution in [2.24, 2.45) is 0 Å². The summed E-state index contributed by atoms with van der Waals surface area (Å²) < 4.78 is 31.1. The lowest BCUT2D eigenvalue weighted by molar-refractivity contribution is -0.117. The van der Waals surface area contributed by atoms with Gasteiger partial charge < -0.3 is 10.1 Å². The fourth-order valence-corrected chi connectivity index (χ4v) is 4.16. The number of hydrogen-bond donors (Lipinski definition) is 1. The molecule has 0 radical (unpaired) electrons. The molecule has 0 unspecified atom stereocenters. The highest BCUT2D eigenvalue weighted by atomic mass is 32.2. The summed E-state index contributed by atoms with van der Waals surface area (Å²) in [5.41, 5.74) is 1.85. The first-order valence-corrected chi connectivity index (χ1v) is 11.2. The van der Waals surface area contributed by atoms with E-state index < -0.39 is 27.9 Å². The Hall–Kier alpha value is -2.87. The second-order valence-electron chi connectivity index (χ2n) is 6.57. The van der Waals surface area contributed by atoms with Gasteiger partial charge in [-0.1, -0.05) is 36.8 Å².